The average Bonchev–Trinajstić information content (AvgIpc) is 2.44. The third-order valence-electron chi connectivity index (χ3n) is 8.67. The van der Waals surface area contributed by atoms with Crippen LogP contribution in [-0.2, 0) is 9.53 Å². The Morgan fingerprint density at radius 1 is 1.05 bits per heavy atom. The van der Waals surface area contributed by atoms with Gasteiger partial charge < -0.3 is 4.74 Å². The Bertz CT molecular complexity index is 486. The fourth-order valence-corrected chi connectivity index (χ4v) is 7.56. The molecule has 0 amide bonds. The Labute approximate surface area is 135 Å². The molecule has 0 N–H and O–H groups in total. The van der Waals surface area contributed by atoms with Gasteiger partial charge in [-0.1, -0.05) is 47.0 Å². The van der Waals surface area contributed by atoms with Crippen molar-refractivity contribution in [1.29, 1.82) is 0 Å². The van der Waals surface area contributed by atoms with Crippen LogP contribution >= 0.6 is 0 Å². The maximum atomic E-state index is 12.2. The number of hydrogen-bond donors (Lipinski definition) is 0. The van der Waals surface area contributed by atoms with Crippen molar-refractivity contribution < 1.29 is 9.53 Å². The van der Waals surface area contributed by atoms with E-state index < -0.39 is 0 Å². The zero-order chi connectivity index (χ0) is 15.7. The smallest absolute Gasteiger partial charge is 0.306 e. The molecule has 124 valence electrons. The summed E-state index contributed by atoms with van der Waals surface area (Å²) >= 11 is 0. The zero-order valence-electron chi connectivity index (χ0n) is 14.7. The third kappa shape index (κ3) is 1.76. The lowest BCUT2D eigenvalue weighted by molar-refractivity contribution is -0.244. The van der Waals surface area contributed by atoms with E-state index >= 15 is 0 Å². The summed E-state index contributed by atoms with van der Waals surface area (Å²) in [5.74, 6) is 3.60. The maximum absolute atomic E-state index is 12.2. The molecule has 3 aliphatic carbocycles. The molecule has 2 heteroatoms. The molecular weight excluding hydrogens is 272 g/mol. The standard InChI is InChI=1S/C20H32O2/c1-12-6-5-9-19(3)14(12)10-17-20(4)15(11-18(21)22-17)13(2)7-8-16(19)20/h12-17H,5-11H2,1-4H3/t12?,13-,14?,15?,16?,17?,19-,20-/m0/s1. The van der Waals surface area contributed by atoms with Gasteiger partial charge in [0, 0.05) is 11.8 Å². The Balaban J connectivity index is 1.79. The quantitative estimate of drug-likeness (QED) is 0.600. The number of carbonyl (C=O) groups excluding carboxylic acids is 1. The molecule has 1 heterocycles. The van der Waals surface area contributed by atoms with Crippen LogP contribution < -0.4 is 0 Å². The number of rotatable bonds is 0. The fourth-order valence-electron chi connectivity index (χ4n) is 7.56. The van der Waals surface area contributed by atoms with E-state index in [2.05, 4.69) is 27.7 Å². The maximum Gasteiger partial charge on any atom is 0.306 e. The number of hydrogen-bond acceptors (Lipinski definition) is 2. The van der Waals surface area contributed by atoms with Crippen LogP contribution in [0.3, 0.4) is 0 Å². The zero-order valence-corrected chi connectivity index (χ0v) is 14.7. The van der Waals surface area contributed by atoms with E-state index in [-0.39, 0.29) is 17.5 Å². The van der Waals surface area contributed by atoms with Crippen molar-refractivity contribution >= 4 is 5.97 Å². The third-order valence-corrected chi connectivity index (χ3v) is 8.67. The fraction of sp³-hybridized carbons (Fsp3) is 0.950. The second-order valence-corrected chi connectivity index (χ2v) is 9.48. The summed E-state index contributed by atoms with van der Waals surface area (Å²) in [5.41, 5.74) is 0.707. The summed E-state index contributed by atoms with van der Waals surface area (Å²) < 4.78 is 5.98. The molecule has 22 heavy (non-hydrogen) atoms. The van der Waals surface area contributed by atoms with Gasteiger partial charge in [0.25, 0.3) is 0 Å². The second kappa shape index (κ2) is 4.74. The van der Waals surface area contributed by atoms with Gasteiger partial charge in [0.1, 0.15) is 6.10 Å². The Morgan fingerprint density at radius 2 is 1.77 bits per heavy atom. The first-order valence-corrected chi connectivity index (χ1v) is 9.57. The van der Waals surface area contributed by atoms with Crippen LogP contribution in [0.4, 0.5) is 0 Å². The summed E-state index contributed by atoms with van der Waals surface area (Å²) in [7, 11) is 0. The molecule has 8 atom stereocenters. The monoisotopic (exact) mass is 304 g/mol. The summed E-state index contributed by atoms with van der Waals surface area (Å²) in [6, 6.07) is 0. The van der Waals surface area contributed by atoms with Crippen molar-refractivity contribution in [2.45, 2.75) is 78.7 Å². The predicted molar refractivity (Wildman–Crippen MR) is 87.2 cm³/mol. The van der Waals surface area contributed by atoms with Gasteiger partial charge in [0.05, 0.1) is 0 Å². The summed E-state index contributed by atoms with van der Waals surface area (Å²) in [5, 5.41) is 0. The van der Waals surface area contributed by atoms with Gasteiger partial charge in [-0.25, -0.2) is 0 Å². The van der Waals surface area contributed by atoms with Crippen molar-refractivity contribution in [3.63, 3.8) is 0 Å². The summed E-state index contributed by atoms with van der Waals surface area (Å²) in [6.07, 6.45) is 8.79. The molecule has 2 nitrogen and oxygen atoms in total. The van der Waals surface area contributed by atoms with Crippen LogP contribution in [0.1, 0.15) is 72.6 Å². The van der Waals surface area contributed by atoms with Gasteiger partial charge in [-0.3, -0.25) is 4.79 Å². The molecule has 5 unspecified atom stereocenters. The molecule has 0 aromatic rings. The Kier molecular flexibility index (Phi) is 3.24. The molecule has 0 spiro atoms. The average molecular weight is 304 g/mol. The van der Waals surface area contributed by atoms with Crippen LogP contribution in [-0.4, -0.2) is 12.1 Å². The van der Waals surface area contributed by atoms with Crippen LogP contribution in [0.2, 0.25) is 0 Å². The van der Waals surface area contributed by atoms with E-state index in [0.29, 0.717) is 23.7 Å². The highest BCUT2D eigenvalue weighted by molar-refractivity contribution is 5.71. The van der Waals surface area contributed by atoms with Crippen molar-refractivity contribution in [1.82, 2.24) is 0 Å². The Morgan fingerprint density at radius 3 is 2.55 bits per heavy atom. The first-order valence-electron chi connectivity index (χ1n) is 9.57. The molecule has 4 rings (SSSR count). The van der Waals surface area contributed by atoms with E-state index in [1.807, 2.05) is 0 Å². The highest BCUT2D eigenvalue weighted by Crippen LogP contribution is 2.68. The molecule has 3 saturated carbocycles. The van der Waals surface area contributed by atoms with Gasteiger partial charge in [0.2, 0.25) is 0 Å². The van der Waals surface area contributed by atoms with Gasteiger partial charge >= 0.3 is 5.97 Å². The van der Waals surface area contributed by atoms with Crippen LogP contribution in [0.15, 0.2) is 0 Å². The molecule has 0 radical (unpaired) electrons. The molecule has 4 fully saturated rings. The van der Waals surface area contributed by atoms with Crippen molar-refractivity contribution in [3.05, 3.63) is 0 Å². The van der Waals surface area contributed by atoms with Crippen molar-refractivity contribution in [3.8, 4) is 0 Å². The minimum absolute atomic E-state index is 0.0760. The van der Waals surface area contributed by atoms with Gasteiger partial charge in [-0.05, 0) is 54.3 Å². The topological polar surface area (TPSA) is 26.3 Å². The normalized spacial score (nSPS) is 57.5. The summed E-state index contributed by atoms with van der Waals surface area (Å²) in [6.45, 7) is 9.89. The molecule has 1 saturated heterocycles. The van der Waals surface area contributed by atoms with E-state index in [1.165, 1.54) is 32.1 Å². The Hall–Kier alpha value is -0.530. The first-order chi connectivity index (χ1) is 10.4. The molecule has 4 aliphatic rings. The lowest BCUT2D eigenvalue weighted by Gasteiger charge is -2.67. The van der Waals surface area contributed by atoms with Gasteiger partial charge in [-0.15, -0.1) is 0 Å². The van der Waals surface area contributed by atoms with Crippen LogP contribution in [0.25, 0.3) is 0 Å². The number of ether oxygens (including phenoxy) is 1. The van der Waals surface area contributed by atoms with E-state index in [1.54, 1.807) is 0 Å². The second-order valence-electron chi connectivity index (χ2n) is 9.48. The SMILES string of the molecule is CC1CCC[C@@]2(C)C1CC1OC(=O)CC3[C@@H](C)CCC2[C@@]13C. The highest BCUT2D eigenvalue weighted by Gasteiger charge is 2.66. The van der Waals surface area contributed by atoms with Gasteiger partial charge in [0.15, 0.2) is 0 Å². The number of esters is 1. The van der Waals surface area contributed by atoms with Crippen LogP contribution in [0, 0.1) is 40.4 Å². The van der Waals surface area contributed by atoms with Crippen molar-refractivity contribution in [2.75, 3.05) is 0 Å². The number of carbonyl (C=O) groups is 1. The lowest BCUT2D eigenvalue weighted by atomic mass is 9.39. The number of fused-ring (bicyclic) bond motifs is 2. The first kappa shape index (κ1) is 15.0. The van der Waals surface area contributed by atoms with Gasteiger partial charge in [-0.2, -0.15) is 0 Å². The largest absolute Gasteiger partial charge is 0.462 e. The van der Waals surface area contributed by atoms with Crippen molar-refractivity contribution in [2.24, 2.45) is 40.4 Å². The predicted octanol–water partition coefficient (Wildman–Crippen LogP) is 4.82. The molecule has 0 aromatic heterocycles. The molecule has 0 aromatic carbocycles. The molecule has 0 bridgehead atoms. The molecular formula is C20H32O2. The lowest BCUT2D eigenvalue weighted by Crippen LogP contribution is -2.65. The van der Waals surface area contributed by atoms with Crippen LogP contribution in [0.5, 0.6) is 0 Å². The van der Waals surface area contributed by atoms with E-state index in [4.69, 9.17) is 4.74 Å². The van der Waals surface area contributed by atoms with E-state index in [0.717, 1.165) is 24.2 Å². The minimum atomic E-state index is 0.0760. The molecule has 1 aliphatic heterocycles. The summed E-state index contributed by atoms with van der Waals surface area (Å²) in [4.78, 5) is 12.2. The van der Waals surface area contributed by atoms with E-state index in [9.17, 15) is 4.79 Å². The highest BCUT2D eigenvalue weighted by atomic mass is 16.5. The minimum Gasteiger partial charge on any atom is -0.462 e.